The van der Waals surface area contributed by atoms with E-state index in [1.807, 2.05) is 0 Å². The summed E-state index contributed by atoms with van der Waals surface area (Å²) in [6, 6.07) is 5.16. The molecule has 2 aromatic heterocycles. The number of likely N-dealkylation sites (tertiary alicyclic amines) is 1. The first-order valence-electron chi connectivity index (χ1n) is 9.54. The SMILES string of the molecule is CCN(CC)[C@H](CNC(=O)[C@@H]1CCCN1C(=O)c1ccco1)c1ccsc1. The van der Waals surface area contributed by atoms with Gasteiger partial charge in [-0.3, -0.25) is 14.5 Å². The summed E-state index contributed by atoms with van der Waals surface area (Å²) >= 11 is 1.67. The van der Waals surface area contributed by atoms with Crippen LogP contribution in [0.2, 0.25) is 0 Å². The Labute approximate surface area is 164 Å². The highest BCUT2D eigenvalue weighted by Crippen LogP contribution is 2.24. The van der Waals surface area contributed by atoms with Crippen molar-refractivity contribution in [2.75, 3.05) is 26.2 Å². The number of amides is 2. The normalized spacial score (nSPS) is 18.0. The van der Waals surface area contributed by atoms with Crippen LogP contribution in [0.3, 0.4) is 0 Å². The van der Waals surface area contributed by atoms with Gasteiger partial charge in [-0.05, 0) is 60.5 Å². The van der Waals surface area contributed by atoms with E-state index >= 15 is 0 Å². The number of furan rings is 1. The molecule has 0 aromatic carbocycles. The molecule has 2 aromatic rings. The molecule has 1 N–H and O–H groups in total. The van der Waals surface area contributed by atoms with E-state index in [-0.39, 0.29) is 23.6 Å². The number of nitrogens with one attached hydrogen (secondary N) is 1. The lowest BCUT2D eigenvalue weighted by Crippen LogP contribution is -2.48. The van der Waals surface area contributed by atoms with Crippen molar-refractivity contribution in [2.24, 2.45) is 0 Å². The zero-order valence-electron chi connectivity index (χ0n) is 15.9. The maximum absolute atomic E-state index is 12.9. The molecule has 1 aliphatic heterocycles. The molecule has 0 bridgehead atoms. The Morgan fingerprint density at radius 1 is 1.37 bits per heavy atom. The molecular weight excluding hydrogens is 362 g/mol. The number of thiophene rings is 1. The first-order chi connectivity index (χ1) is 13.2. The standard InChI is InChI=1S/C20H27N3O3S/c1-3-22(4-2)17(15-9-12-27-14-15)13-21-19(24)16-7-5-10-23(16)20(25)18-8-6-11-26-18/h6,8-9,11-12,14,16-17H,3-5,7,10,13H2,1-2H3,(H,21,24)/t16-,17+/m0/s1. The number of hydrogen-bond acceptors (Lipinski definition) is 5. The molecular formula is C20H27N3O3S. The van der Waals surface area contributed by atoms with Crippen LogP contribution in [0.15, 0.2) is 39.6 Å². The lowest BCUT2D eigenvalue weighted by Gasteiger charge is -2.30. The van der Waals surface area contributed by atoms with Gasteiger partial charge in [0.25, 0.3) is 5.91 Å². The van der Waals surface area contributed by atoms with Crippen molar-refractivity contribution in [3.8, 4) is 0 Å². The molecule has 0 radical (unpaired) electrons. The van der Waals surface area contributed by atoms with Crippen LogP contribution in [0.25, 0.3) is 0 Å². The van der Waals surface area contributed by atoms with Gasteiger partial charge in [-0.1, -0.05) is 13.8 Å². The van der Waals surface area contributed by atoms with E-state index in [2.05, 4.69) is 40.9 Å². The monoisotopic (exact) mass is 389 g/mol. The predicted octanol–water partition coefficient (Wildman–Crippen LogP) is 3.15. The molecule has 6 nitrogen and oxygen atoms in total. The lowest BCUT2D eigenvalue weighted by atomic mass is 10.1. The third-order valence-electron chi connectivity index (χ3n) is 5.20. The molecule has 3 heterocycles. The second kappa shape index (κ2) is 9.19. The average Bonchev–Trinajstić information content (AvgIpc) is 3.45. The summed E-state index contributed by atoms with van der Waals surface area (Å²) in [5.74, 6) is -0.00967. The van der Waals surface area contributed by atoms with Crippen molar-refractivity contribution >= 4 is 23.2 Å². The van der Waals surface area contributed by atoms with Crippen LogP contribution in [-0.4, -0.2) is 53.8 Å². The van der Waals surface area contributed by atoms with Crippen LogP contribution >= 0.6 is 11.3 Å². The van der Waals surface area contributed by atoms with E-state index in [9.17, 15) is 9.59 Å². The average molecular weight is 390 g/mol. The van der Waals surface area contributed by atoms with Crippen molar-refractivity contribution < 1.29 is 14.0 Å². The molecule has 0 unspecified atom stereocenters. The molecule has 0 aliphatic carbocycles. The van der Waals surface area contributed by atoms with Crippen molar-refractivity contribution in [2.45, 2.75) is 38.8 Å². The predicted molar refractivity (Wildman–Crippen MR) is 106 cm³/mol. The van der Waals surface area contributed by atoms with Crippen molar-refractivity contribution in [1.29, 1.82) is 0 Å². The molecule has 1 aliphatic rings. The number of hydrogen-bond donors (Lipinski definition) is 1. The van der Waals surface area contributed by atoms with Crippen molar-refractivity contribution in [1.82, 2.24) is 15.1 Å². The topological polar surface area (TPSA) is 65.8 Å². The molecule has 27 heavy (non-hydrogen) atoms. The zero-order valence-corrected chi connectivity index (χ0v) is 16.7. The van der Waals surface area contributed by atoms with Crippen LogP contribution in [0.4, 0.5) is 0 Å². The Morgan fingerprint density at radius 3 is 2.81 bits per heavy atom. The molecule has 0 spiro atoms. The van der Waals surface area contributed by atoms with Gasteiger partial charge >= 0.3 is 0 Å². The summed E-state index contributed by atoms with van der Waals surface area (Å²) in [5.41, 5.74) is 1.22. The van der Waals surface area contributed by atoms with Gasteiger partial charge in [0.1, 0.15) is 6.04 Å². The van der Waals surface area contributed by atoms with Gasteiger partial charge in [-0.15, -0.1) is 0 Å². The third-order valence-corrected chi connectivity index (χ3v) is 5.90. The van der Waals surface area contributed by atoms with Crippen LogP contribution in [-0.2, 0) is 4.79 Å². The number of carbonyl (C=O) groups is 2. The molecule has 146 valence electrons. The highest BCUT2D eigenvalue weighted by Gasteiger charge is 2.35. The van der Waals surface area contributed by atoms with Crippen LogP contribution < -0.4 is 5.32 Å². The van der Waals surface area contributed by atoms with E-state index in [0.29, 0.717) is 19.5 Å². The highest BCUT2D eigenvalue weighted by atomic mass is 32.1. The summed E-state index contributed by atoms with van der Waals surface area (Å²) in [4.78, 5) is 29.4. The number of rotatable bonds is 8. The number of nitrogens with zero attached hydrogens (tertiary/aromatic N) is 2. The quantitative estimate of drug-likeness (QED) is 0.753. The van der Waals surface area contributed by atoms with Gasteiger partial charge in [0.2, 0.25) is 5.91 Å². The molecule has 1 fully saturated rings. The van der Waals surface area contributed by atoms with E-state index in [1.165, 1.54) is 11.8 Å². The Morgan fingerprint density at radius 2 is 2.19 bits per heavy atom. The molecule has 2 amide bonds. The van der Waals surface area contributed by atoms with Gasteiger partial charge < -0.3 is 14.6 Å². The van der Waals surface area contributed by atoms with Crippen LogP contribution in [0.5, 0.6) is 0 Å². The van der Waals surface area contributed by atoms with Gasteiger partial charge in [0.15, 0.2) is 5.76 Å². The fourth-order valence-electron chi connectivity index (χ4n) is 3.73. The maximum Gasteiger partial charge on any atom is 0.290 e. The Balaban J connectivity index is 1.65. The smallest absolute Gasteiger partial charge is 0.290 e. The molecule has 1 saturated heterocycles. The largest absolute Gasteiger partial charge is 0.459 e. The Bertz CT molecular complexity index is 726. The van der Waals surface area contributed by atoms with Crippen molar-refractivity contribution in [3.63, 3.8) is 0 Å². The number of carbonyl (C=O) groups excluding carboxylic acids is 2. The fraction of sp³-hybridized carbons (Fsp3) is 0.500. The Hall–Kier alpha value is -2.12. The number of likely N-dealkylation sites (N-methyl/N-ethyl adjacent to an activating group) is 1. The second-order valence-electron chi connectivity index (χ2n) is 6.67. The van der Waals surface area contributed by atoms with Gasteiger partial charge in [-0.25, -0.2) is 0 Å². The van der Waals surface area contributed by atoms with Gasteiger partial charge in [0, 0.05) is 13.1 Å². The molecule has 2 atom stereocenters. The molecule has 7 heteroatoms. The van der Waals surface area contributed by atoms with E-state index < -0.39 is 6.04 Å². The summed E-state index contributed by atoms with van der Waals surface area (Å²) in [7, 11) is 0. The zero-order chi connectivity index (χ0) is 19.2. The summed E-state index contributed by atoms with van der Waals surface area (Å²) in [6.45, 7) is 7.22. The maximum atomic E-state index is 12.9. The van der Waals surface area contributed by atoms with Gasteiger partial charge in [-0.2, -0.15) is 11.3 Å². The van der Waals surface area contributed by atoms with Crippen molar-refractivity contribution in [3.05, 3.63) is 46.5 Å². The highest BCUT2D eigenvalue weighted by molar-refractivity contribution is 7.07. The second-order valence-corrected chi connectivity index (χ2v) is 7.45. The minimum atomic E-state index is -0.428. The molecule has 0 saturated carbocycles. The first kappa shape index (κ1) is 19.6. The summed E-state index contributed by atoms with van der Waals surface area (Å²) < 4.78 is 5.22. The minimum Gasteiger partial charge on any atom is -0.459 e. The first-order valence-corrected chi connectivity index (χ1v) is 10.5. The van der Waals surface area contributed by atoms with Gasteiger partial charge in [0.05, 0.1) is 12.3 Å². The molecule has 3 rings (SSSR count). The fourth-order valence-corrected chi connectivity index (χ4v) is 4.43. The lowest BCUT2D eigenvalue weighted by molar-refractivity contribution is -0.125. The van der Waals surface area contributed by atoms with Crippen LogP contribution in [0, 0.1) is 0 Å². The Kier molecular flexibility index (Phi) is 6.68. The van der Waals surface area contributed by atoms with E-state index in [0.717, 1.165) is 19.5 Å². The van der Waals surface area contributed by atoms with E-state index in [1.54, 1.807) is 28.4 Å². The minimum absolute atomic E-state index is 0.0835. The summed E-state index contributed by atoms with van der Waals surface area (Å²) in [6.07, 6.45) is 3.00. The third kappa shape index (κ3) is 4.42. The van der Waals surface area contributed by atoms with E-state index in [4.69, 9.17) is 4.42 Å². The summed E-state index contributed by atoms with van der Waals surface area (Å²) in [5, 5.41) is 7.29. The van der Waals surface area contributed by atoms with Crippen LogP contribution in [0.1, 0.15) is 48.8 Å².